The van der Waals surface area contributed by atoms with Gasteiger partial charge in [0, 0.05) is 0 Å². The number of nitrogens with zero attached hydrogens (tertiary/aromatic N) is 1. The van der Waals surface area contributed by atoms with Gasteiger partial charge in [-0.25, -0.2) is 17.6 Å². The second-order valence-electron chi connectivity index (χ2n) is 2.65. The van der Waals surface area contributed by atoms with Crippen LogP contribution in [0.5, 0.6) is 0 Å². The second kappa shape index (κ2) is 4.61. The predicted molar refractivity (Wildman–Crippen MR) is 37.5 cm³/mol. The zero-order chi connectivity index (χ0) is 9.78. The molecule has 12 heavy (non-hydrogen) atoms. The van der Waals surface area contributed by atoms with Gasteiger partial charge in [0.2, 0.25) is 0 Å². The van der Waals surface area contributed by atoms with E-state index in [0.29, 0.717) is 0 Å². The molecule has 0 aliphatic carbocycles. The zero-order valence-corrected chi connectivity index (χ0v) is 6.74. The molecule has 0 unspecified atom stereocenters. The number of hydrogen-bond acceptors (Lipinski definition) is 2. The van der Waals surface area contributed by atoms with Crippen LogP contribution in [0.2, 0.25) is 0 Å². The van der Waals surface area contributed by atoms with Crippen molar-refractivity contribution in [2.45, 2.75) is 12.3 Å². The summed E-state index contributed by atoms with van der Waals surface area (Å²) in [5.41, 5.74) is 4.72. The third-order valence-corrected chi connectivity index (χ3v) is 1.25. The van der Waals surface area contributed by atoms with Gasteiger partial charge in [0.1, 0.15) is 0 Å². The summed E-state index contributed by atoms with van der Waals surface area (Å²) < 4.78 is 48.2. The topological polar surface area (TPSA) is 29.3 Å². The van der Waals surface area contributed by atoms with Gasteiger partial charge >= 0.3 is 0 Å². The number of alkyl halides is 4. The highest BCUT2D eigenvalue weighted by atomic mass is 19.3. The molecule has 0 spiro atoms. The van der Waals surface area contributed by atoms with Crippen LogP contribution in [0.3, 0.4) is 0 Å². The average molecular weight is 188 g/mol. The first-order valence-electron chi connectivity index (χ1n) is 3.42. The Hall–Kier alpha value is -0.360. The molecular weight excluding hydrogens is 176 g/mol. The van der Waals surface area contributed by atoms with Gasteiger partial charge in [0.15, 0.2) is 0 Å². The van der Waals surface area contributed by atoms with Gasteiger partial charge in [-0.05, 0) is 7.05 Å². The molecule has 74 valence electrons. The quantitative estimate of drug-likeness (QED) is 0.646. The standard InChI is InChI=1S/C6H12F4N2/c1-12(2-5(7)8)4-6(9,10)3-11/h5H,2-4,11H2,1H3. The van der Waals surface area contributed by atoms with Crippen LogP contribution in [0, 0.1) is 0 Å². The van der Waals surface area contributed by atoms with Gasteiger partial charge < -0.3 is 5.73 Å². The van der Waals surface area contributed by atoms with Crippen molar-refractivity contribution in [1.29, 1.82) is 0 Å². The SMILES string of the molecule is CN(CC(F)F)CC(F)(F)CN. The molecule has 0 fully saturated rings. The van der Waals surface area contributed by atoms with Gasteiger partial charge in [0.25, 0.3) is 12.3 Å². The Labute approximate surface area is 68.3 Å². The summed E-state index contributed by atoms with van der Waals surface area (Å²) >= 11 is 0. The Morgan fingerprint density at radius 1 is 1.42 bits per heavy atom. The fourth-order valence-corrected chi connectivity index (χ4v) is 0.760. The second-order valence-corrected chi connectivity index (χ2v) is 2.65. The van der Waals surface area contributed by atoms with Crippen LogP contribution in [0.1, 0.15) is 0 Å². The molecule has 6 heteroatoms. The molecule has 0 atom stereocenters. The lowest BCUT2D eigenvalue weighted by atomic mass is 10.3. The highest BCUT2D eigenvalue weighted by molar-refractivity contribution is 4.71. The van der Waals surface area contributed by atoms with E-state index in [1.54, 1.807) is 0 Å². The summed E-state index contributed by atoms with van der Waals surface area (Å²) in [6.45, 7) is -2.20. The van der Waals surface area contributed by atoms with Crippen molar-refractivity contribution in [3.8, 4) is 0 Å². The molecule has 2 nitrogen and oxygen atoms in total. The molecule has 0 amide bonds. The number of halogens is 4. The van der Waals surface area contributed by atoms with Crippen LogP contribution in [-0.2, 0) is 0 Å². The van der Waals surface area contributed by atoms with Crippen molar-refractivity contribution in [2.75, 3.05) is 26.7 Å². The van der Waals surface area contributed by atoms with E-state index in [2.05, 4.69) is 0 Å². The van der Waals surface area contributed by atoms with Crippen LogP contribution in [0.25, 0.3) is 0 Å². The van der Waals surface area contributed by atoms with E-state index >= 15 is 0 Å². The Morgan fingerprint density at radius 3 is 2.25 bits per heavy atom. The monoisotopic (exact) mass is 188 g/mol. The van der Waals surface area contributed by atoms with E-state index in [1.807, 2.05) is 0 Å². The number of nitrogens with two attached hydrogens (primary N) is 1. The molecule has 0 radical (unpaired) electrons. The van der Waals surface area contributed by atoms with Crippen molar-refractivity contribution in [1.82, 2.24) is 4.90 Å². The maximum absolute atomic E-state index is 12.4. The molecule has 0 bridgehead atoms. The minimum Gasteiger partial charge on any atom is -0.325 e. The zero-order valence-electron chi connectivity index (χ0n) is 6.74. The van der Waals surface area contributed by atoms with Gasteiger partial charge in [-0.2, -0.15) is 0 Å². The largest absolute Gasteiger partial charge is 0.325 e. The molecule has 0 rings (SSSR count). The normalized spacial score (nSPS) is 13.0. The number of hydrogen-bond donors (Lipinski definition) is 1. The smallest absolute Gasteiger partial charge is 0.272 e. The van der Waals surface area contributed by atoms with E-state index in [9.17, 15) is 17.6 Å². The first-order chi connectivity index (χ1) is 5.37. The summed E-state index contributed by atoms with van der Waals surface area (Å²) in [5.74, 6) is -3.08. The highest BCUT2D eigenvalue weighted by Gasteiger charge is 2.29. The summed E-state index contributed by atoms with van der Waals surface area (Å²) in [6, 6.07) is 0. The third-order valence-electron chi connectivity index (χ3n) is 1.25. The lowest BCUT2D eigenvalue weighted by Crippen LogP contribution is -2.41. The van der Waals surface area contributed by atoms with Gasteiger partial charge in [-0.1, -0.05) is 0 Å². The molecule has 0 aromatic carbocycles. The molecule has 0 aliphatic rings. The van der Waals surface area contributed by atoms with Crippen LogP contribution in [0.4, 0.5) is 17.6 Å². The van der Waals surface area contributed by atoms with E-state index in [0.717, 1.165) is 4.90 Å². The number of rotatable bonds is 5. The lowest BCUT2D eigenvalue weighted by molar-refractivity contribution is -0.0284. The van der Waals surface area contributed by atoms with Crippen LogP contribution in [-0.4, -0.2) is 43.9 Å². The van der Waals surface area contributed by atoms with Crippen molar-refractivity contribution in [3.05, 3.63) is 0 Å². The Kier molecular flexibility index (Phi) is 4.47. The van der Waals surface area contributed by atoms with Crippen molar-refractivity contribution < 1.29 is 17.6 Å². The molecule has 2 N–H and O–H groups in total. The highest BCUT2D eigenvalue weighted by Crippen LogP contribution is 2.12. The first kappa shape index (κ1) is 11.6. The van der Waals surface area contributed by atoms with E-state index in [-0.39, 0.29) is 0 Å². The molecule has 0 aromatic rings. The van der Waals surface area contributed by atoms with Gasteiger partial charge in [-0.3, -0.25) is 4.90 Å². The summed E-state index contributed by atoms with van der Waals surface area (Å²) in [4.78, 5) is 0.859. The molecule has 0 saturated carbocycles. The van der Waals surface area contributed by atoms with Crippen LogP contribution >= 0.6 is 0 Å². The minimum absolute atomic E-state index is 0.657. The molecular formula is C6H12F4N2. The molecule has 0 aliphatic heterocycles. The summed E-state index contributed by atoms with van der Waals surface area (Å²) in [6.07, 6.45) is -2.59. The van der Waals surface area contributed by atoms with Gasteiger partial charge in [-0.15, -0.1) is 0 Å². The minimum atomic E-state index is -3.08. The maximum Gasteiger partial charge on any atom is 0.272 e. The Balaban J connectivity index is 3.75. The van der Waals surface area contributed by atoms with Gasteiger partial charge in [0.05, 0.1) is 19.6 Å². The Bertz CT molecular complexity index is 129. The molecule has 0 heterocycles. The lowest BCUT2D eigenvalue weighted by Gasteiger charge is -2.21. The van der Waals surface area contributed by atoms with E-state index < -0.39 is 32.0 Å². The van der Waals surface area contributed by atoms with E-state index in [1.165, 1.54) is 7.05 Å². The summed E-state index contributed by atoms with van der Waals surface area (Å²) in [7, 11) is 1.20. The summed E-state index contributed by atoms with van der Waals surface area (Å²) in [5, 5.41) is 0. The molecule has 0 aromatic heterocycles. The van der Waals surface area contributed by atoms with E-state index in [4.69, 9.17) is 5.73 Å². The Morgan fingerprint density at radius 2 is 1.92 bits per heavy atom. The first-order valence-corrected chi connectivity index (χ1v) is 3.42. The van der Waals surface area contributed by atoms with Crippen LogP contribution in [0.15, 0.2) is 0 Å². The van der Waals surface area contributed by atoms with Crippen LogP contribution < -0.4 is 5.73 Å². The fraction of sp³-hybridized carbons (Fsp3) is 1.00. The maximum atomic E-state index is 12.4. The van der Waals surface area contributed by atoms with Crippen molar-refractivity contribution >= 4 is 0 Å². The van der Waals surface area contributed by atoms with Crippen molar-refractivity contribution in [2.24, 2.45) is 5.73 Å². The predicted octanol–water partition coefficient (Wildman–Crippen LogP) is 0.777. The fourth-order valence-electron chi connectivity index (χ4n) is 0.760. The average Bonchev–Trinajstić information content (AvgIpc) is 1.84. The molecule has 0 saturated heterocycles. The van der Waals surface area contributed by atoms with Crippen molar-refractivity contribution in [3.63, 3.8) is 0 Å². The third kappa shape index (κ3) is 5.31.